The van der Waals surface area contributed by atoms with Crippen molar-refractivity contribution in [3.05, 3.63) is 102 Å². The van der Waals surface area contributed by atoms with Gasteiger partial charge in [-0.15, -0.1) is 0 Å². The van der Waals surface area contributed by atoms with Crippen LogP contribution in [-0.4, -0.2) is 71.4 Å². The Hall–Kier alpha value is -4.70. The number of nitrogens with one attached hydrogen (secondary N) is 3. The van der Waals surface area contributed by atoms with Gasteiger partial charge in [0.25, 0.3) is 0 Å². The lowest BCUT2D eigenvalue weighted by Gasteiger charge is -2.33. The van der Waals surface area contributed by atoms with Gasteiger partial charge < -0.3 is 31.7 Å². The standard InChI is InChI=1S/C33H39N5O5/c1-38-29(21-23-11-6-3-7-12-23)32(42)37-28(20-22-9-4-2-5-10-22)31(41)35-18-8-13-27(33(38)43)36-30(40)26(34)19-24-14-16-25(39)17-15-24/h2-7,9-12,14-17,26-29,39H,8,13,18-21,34H2,1H3,(H,35,41)(H,36,40)(H,37,42)/t26-,27+,28-,29-/m0/s1. The molecule has 4 amide bonds. The van der Waals surface area contributed by atoms with Crippen LogP contribution in [0.25, 0.3) is 0 Å². The van der Waals surface area contributed by atoms with Crippen molar-refractivity contribution in [3.8, 4) is 5.75 Å². The van der Waals surface area contributed by atoms with Crippen LogP contribution < -0.4 is 21.7 Å². The summed E-state index contributed by atoms with van der Waals surface area (Å²) in [5, 5.41) is 18.1. The van der Waals surface area contributed by atoms with Gasteiger partial charge >= 0.3 is 0 Å². The van der Waals surface area contributed by atoms with Gasteiger partial charge in [-0.25, -0.2) is 0 Å². The molecule has 0 bridgehead atoms. The lowest BCUT2D eigenvalue weighted by atomic mass is 9.99. The summed E-state index contributed by atoms with van der Waals surface area (Å²) in [6.45, 7) is 0.260. The molecule has 0 radical (unpaired) electrons. The zero-order valence-corrected chi connectivity index (χ0v) is 24.2. The first-order chi connectivity index (χ1) is 20.7. The monoisotopic (exact) mass is 585 g/mol. The summed E-state index contributed by atoms with van der Waals surface area (Å²) in [5.74, 6) is -1.61. The molecule has 4 rings (SSSR count). The van der Waals surface area contributed by atoms with Gasteiger partial charge in [-0.1, -0.05) is 72.8 Å². The van der Waals surface area contributed by atoms with Crippen LogP contribution >= 0.6 is 0 Å². The van der Waals surface area contributed by atoms with Gasteiger partial charge in [0.2, 0.25) is 23.6 Å². The van der Waals surface area contributed by atoms with Gasteiger partial charge in [-0.05, 0) is 48.1 Å². The Bertz CT molecular complexity index is 1380. The number of hydrogen-bond acceptors (Lipinski definition) is 6. The van der Waals surface area contributed by atoms with Crippen LogP contribution in [0.1, 0.15) is 29.5 Å². The van der Waals surface area contributed by atoms with Crippen LogP contribution in [0.3, 0.4) is 0 Å². The first-order valence-electron chi connectivity index (χ1n) is 14.5. The minimum atomic E-state index is -0.953. The molecule has 1 aliphatic heterocycles. The average Bonchev–Trinajstić information content (AvgIpc) is 3.01. The fraction of sp³-hybridized carbons (Fsp3) is 0.333. The van der Waals surface area contributed by atoms with E-state index in [1.165, 1.54) is 17.0 Å². The van der Waals surface area contributed by atoms with Gasteiger partial charge in [0.1, 0.15) is 23.9 Å². The lowest BCUT2D eigenvalue weighted by molar-refractivity contribution is -0.143. The second kappa shape index (κ2) is 15.0. The number of nitrogens with zero attached hydrogens (tertiary/aromatic N) is 1. The molecule has 0 aromatic heterocycles. The molecule has 0 unspecified atom stereocenters. The number of rotatable bonds is 8. The fourth-order valence-electron chi connectivity index (χ4n) is 5.13. The summed E-state index contributed by atoms with van der Waals surface area (Å²) in [7, 11) is 1.54. The SMILES string of the molecule is CN1C(=O)[C@H](NC(=O)[C@@H](N)Cc2ccc(O)cc2)CCCNC(=O)[C@H](Cc2ccccc2)NC(=O)[C@@H]1Cc1ccccc1. The summed E-state index contributed by atoms with van der Waals surface area (Å²) >= 11 is 0. The Morgan fingerprint density at radius 2 is 1.51 bits per heavy atom. The van der Waals surface area contributed by atoms with Crippen LogP contribution in [0.2, 0.25) is 0 Å². The normalized spacial score (nSPS) is 20.7. The van der Waals surface area contributed by atoms with Gasteiger partial charge in [-0.2, -0.15) is 0 Å². The van der Waals surface area contributed by atoms with Crippen LogP contribution in [0.4, 0.5) is 0 Å². The summed E-state index contributed by atoms with van der Waals surface area (Å²) in [5.41, 5.74) is 8.68. The molecule has 0 aliphatic carbocycles. The van der Waals surface area contributed by atoms with Gasteiger partial charge in [0.15, 0.2) is 0 Å². The number of aromatic hydroxyl groups is 1. The second-order valence-electron chi connectivity index (χ2n) is 10.9. The largest absolute Gasteiger partial charge is 0.508 e. The molecule has 3 aromatic carbocycles. The van der Waals surface area contributed by atoms with Gasteiger partial charge in [-0.3, -0.25) is 19.2 Å². The maximum absolute atomic E-state index is 13.9. The lowest BCUT2D eigenvalue weighted by Crippen LogP contribution is -2.59. The summed E-state index contributed by atoms with van der Waals surface area (Å²) in [6.07, 6.45) is 1.38. The van der Waals surface area contributed by atoms with Crippen molar-refractivity contribution in [1.29, 1.82) is 0 Å². The molecule has 10 nitrogen and oxygen atoms in total. The van der Waals surface area contributed by atoms with Crippen molar-refractivity contribution in [3.63, 3.8) is 0 Å². The van der Waals surface area contributed by atoms with Crippen molar-refractivity contribution in [2.45, 2.75) is 56.3 Å². The number of phenolic OH excluding ortho intramolecular Hbond substituents is 1. The molecule has 1 heterocycles. The number of carbonyl (C=O) groups is 4. The Labute approximate surface area is 251 Å². The molecule has 1 aliphatic rings. The predicted octanol–water partition coefficient (Wildman–Crippen LogP) is 1.45. The Morgan fingerprint density at radius 1 is 0.907 bits per heavy atom. The molecule has 4 atom stereocenters. The van der Waals surface area contributed by atoms with Gasteiger partial charge in [0, 0.05) is 26.4 Å². The van der Waals surface area contributed by atoms with E-state index in [9.17, 15) is 24.3 Å². The molecule has 1 saturated heterocycles. The highest BCUT2D eigenvalue weighted by Crippen LogP contribution is 2.15. The van der Waals surface area contributed by atoms with Crippen LogP contribution in [-0.2, 0) is 38.4 Å². The topological polar surface area (TPSA) is 154 Å². The molecule has 1 fully saturated rings. The zero-order chi connectivity index (χ0) is 30.8. The molecule has 10 heteroatoms. The van der Waals surface area contributed by atoms with E-state index in [0.29, 0.717) is 12.8 Å². The highest BCUT2D eigenvalue weighted by Gasteiger charge is 2.35. The smallest absolute Gasteiger partial charge is 0.245 e. The minimum absolute atomic E-state index is 0.108. The second-order valence-corrected chi connectivity index (χ2v) is 10.9. The van der Waals surface area contributed by atoms with E-state index in [0.717, 1.165) is 16.7 Å². The Kier molecular flexibility index (Phi) is 10.9. The highest BCUT2D eigenvalue weighted by molar-refractivity contribution is 5.95. The third-order valence-electron chi connectivity index (χ3n) is 7.62. The Balaban J connectivity index is 1.55. The zero-order valence-electron chi connectivity index (χ0n) is 24.2. The average molecular weight is 586 g/mol. The quantitative estimate of drug-likeness (QED) is 0.270. The first-order valence-corrected chi connectivity index (χ1v) is 14.5. The van der Waals surface area contributed by atoms with Crippen molar-refractivity contribution >= 4 is 23.6 Å². The van der Waals surface area contributed by atoms with Gasteiger partial charge in [0.05, 0.1) is 6.04 Å². The fourth-order valence-corrected chi connectivity index (χ4v) is 5.13. The van der Waals surface area contributed by atoms with E-state index >= 15 is 0 Å². The highest BCUT2D eigenvalue weighted by atomic mass is 16.3. The first kappa shape index (κ1) is 31.2. The molecule has 0 saturated carbocycles. The molecule has 43 heavy (non-hydrogen) atoms. The number of benzene rings is 3. The van der Waals surface area contributed by atoms with E-state index in [2.05, 4.69) is 16.0 Å². The van der Waals surface area contributed by atoms with Crippen molar-refractivity contribution < 1.29 is 24.3 Å². The maximum Gasteiger partial charge on any atom is 0.245 e. The summed E-state index contributed by atoms with van der Waals surface area (Å²) < 4.78 is 0. The van der Waals surface area contributed by atoms with E-state index in [1.807, 2.05) is 60.7 Å². The van der Waals surface area contributed by atoms with E-state index in [1.54, 1.807) is 19.2 Å². The van der Waals surface area contributed by atoms with E-state index in [4.69, 9.17) is 5.73 Å². The Morgan fingerprint density at radius 3 is 2.14 bits per heavy atom. The van der Waals surface area contributed by atoms with Crippen molar-refractivity contribution in [1.82, 2.24) is 20.9 Å². The number of carbonyl (C=O) groups excluding carboxylic acids is 4. The van der Waals surface area contributed by atoms with E-state index in [-0.39, 0.29) is 37.5 Å². The summed E-state index contributed by atoms with van der Waals surface area (Å²) in [4.78, 5) is 55.4. The van der Waals surface area contributed by atoms with Crippen molar-refractivity contribution in [2.24, 2.45) is 5.73 Å². The molecule has 226 valence electrons. The van der Waals surface area contributed by atoms with Crippen LogP contribution in [0.15, 0.2) is 84.9 Å². The predicted molar refractivity (Wildman–Crippen MR) is 163 cm³/mol. The third-order valence-corrected chi connectivity index (χ3v) is 7.62. The number of likely N-dealkylation sites (N-methyl/N-ethyl adjacent to an activating group) is 1. The molecule has 6 N–H and O–H groups in total. The number of nitrogens with two attached hydrogens (primary N) is 1. The molecular formula is C33H39N5O5. The minimum Gasteiger partial charge on any atom is -0.508 e. The maximum atomic E-state index is 13.9. The molecular weight excluding hydrogens is 546 g/mol. The molecule has 0 spiro atoms. The van der Waals surface area contributed by atoms with Crippen molar-refractivity contribution in [2.75, 3.05) is 13.6 Å². The third kappa shape index (κ3) is 8.89. The number of phenols is 1. The number of amides is 4. The number of hydrogen-bond donors (Lipinski definition) is 5. The van der Waals surface area contributed by atoms with Crippen LogP contribution in [0.5, 0.6) is 5.75 Å². The molecule has 3 aromatic rings. The summed E-state index contributed by atoms with van der Waals surface area (Å²) in [6, 6.07) is 21.5. The van der Waals surface area contributed by atoms with E-state index < -0.39 is 41.9 Å². The van der Waals surface area contributed by atoms with Crippen LogP contribution in [0, 0.1) is 0 Å².